The topological polar surface area (TPSA) is 35.2 Å². The number of rotatable bonds is 7. The van der Waals surface area contributed by atoms with E-state index in [4.69, 9.17) is 10.5 Å². The van der Waals surface area contributed by atoms with E-state index in [2.05, 4.69) is 13.8 Å². The molecule has 0 fully saturated rings. The zero-order chi connectivity index (χ0) is 9.45. The molecule has 0 aliphatic carbocycles. The fourth-order valence-corrected chi connectivity index (χ4v) is 1.36. The molecule has 0 saturated heterocycles. The lowest BCUT2D eigenvalue weighted by molar-refractivity contribution is 0.134. The van der Waals surface area contributed by atoms with Crippen molar-refractivity contribution in [3.8, 4) is 0 Å². The van der Waals surface area contributed by atoms with Crippen LogP contribution in [0.25, 0.3) is 0 Å². The highest BCUT2D eigenvalue weighted by molar-refractivity contribution is 4.77. The van der Waals surface area contributed by atoms with E-state index < -0.39 is 0 Å². The average molecular weight is 173 g/mol. The molecule has 2 heteroatoms. The van der Waals surface area contributed by atoms with Crippen molar-refractivity contribution in [1.29, 1.82) is 0 Å². The maximum Gasteiger partial charge on any atom is 0.0639 e. The minimum absolute atomic E-state index is 0.123. The Morgan fingerprint density at radius 3 is 2.42 bits per heavy atom. The van der Waals surface area contributed by atoms with E-state index in [-0.39, 0.29) is 5.54 Å². The SMILES string of the molecule is CCCCCCC(C)(N)COC. The molecule has 1 atom stereocenters. The van der Waals surface area contributed by atoms with E-state index in [0.29, 0.717) is 6.61 Å². The Labute approximate surface area is 76.5 Å². The molecule has 0 bridgehead atoms. The lowest BCUT2D eigenvalue weighted by atomic mass is 9.96. The van der Waals surface area contributed by atoms with Crippen LogP contribution in [0.5, 0.6) is 0 Å². The molecule has 0 radical (unpaired) electrons. The molecule has 0 spiro atoms. The highest BCUT2D eigenvalue weighted by atomic mass is 16.5. The minimum Gasteiger partial charge on any atom is -0.383 e. The molecule has 2 N–H and O–H groups in total. The van der Waals surface area contributed by atoms with Gasteiger partial charge in [-0.25, -0.2) is 0 Å². The number of nitrogens with two attached hydrogens (primary N) is 1. The zero-order valence-corrected chi connectivity index (χ0v) is 8.73. The fourth-order valence-electron chi connectivity index (χ4n) is 1.36. The van der Waals surface area contributed by atoms with Crippen LogP contribution in [0.4, 0.5) is 0 Å². The van der Waals surface area contributed by atoms with Crippen LogP contribution in [0, 0.1) is 0 Å². The Hall–Kier alpha value is -0.0800. The van der Waals surface area contributed by atoms with Gasteiger partial charge in [-0.15, -0.1) is 0 Å². The molecule has 0 aromatic rings. The van der Waals surface area contributed by atoms with Gasteiger partial charge in [-0.05, 0) is 13.3 Å². The van der Waals surface area contributed by atoms with Crippen molar-refractivity contribution in [3.05, 3.63) is 0 Å². The summed E-state index contributed by atoms with van der Waals surface area (Å²) in [6.07, 6.45) is 6.20. The van der Waals surface area contributed by atoms with Crippen LogP contribution in [0.2, 0.25) is 0 Å². The van der Waals surface area contributed by atoms with Gasteiger partial charge in [-0.3, -0.25) is 0 Å². The average Bonchev–Trinajstić information content (AvgIpc) is 1.98. The molecule has 2 nitrogen and oxygen atoms in total. The standard InChI is InChI=1S/C10H23NO/c1-4-5-6-7-8-10(2,11)9-12-3/h4-9,11H2,1-3H3. The largest absolute Gasteiger partial charge is 0.383 e. The summed E-state index contributed by atoms with van der Waals surface area (Å²) in [6, 6.07) is 0. The first kappa shape index (κ1) is 11.9. The first-order valence-electron chi connectivity index (χ1n) is 4.90. The van der Waals surface area contributed by atoms with Crippen LogP contribution in [0.1, 0.15) is 46.0 Å². The lowest BCUT2D eigenvalue weighted by Gasteiger charge is -2.23. The van der Waals surface area contributed by atoms with Gasteiger partial charge in [0.2, 0.25) is 0 Å². The molecular formula is C10H23NO. The van der Waals surface area contributed by atoms with Gasteiger partial charge in [0.25, 0.3) is 0 Å². The normalized spacial score (nSPS) is 16.0. The maximum atomic E-state index is 5.98. The van der Waals surface area contributed by atoms with Gasteiger partial charge in [0, 0.05) is 12.6 Å². The van der Waals surface area contributed by atoms with E-state index in [1.807, 2.05) is 0 Å². The highest BCUT2D eigenvalue weighted by Gasteiger charge is 2.16. The maximum absolute atomic E-state index is 5.98. The third kappa shape index (κ3) is 6.62. The Kier molecular flexibility index (Phi) is 6.39. The van der Waals surface area contributed by atoms with Crippen molar-refractivity contribution in [2.24, 2.45) is 5.73 Å². The zero-order valence-electron chi connectivity index (χ0n) is 8.73. The van der Waals surface area contributed by atoms with Crippen LogP contribution in [0.15, 0.2) is 0 Å². The van der Waals surface area contributed by atoms with E-state index in [0.717, 1.165) is 6.42 Å². The van der Waals surface area contributed by atoms with E-state index in [1.54, 1.807) is 7.11 Å². The summed E-state index contributed by atoms with van der Waals surface area (Å²) in [4.78, 5) is 0. The molecule has 0 saturated carbocycles. The molecule has 0 rings (SSSR count). The van der Waals surface area contributed by atoms with Gasteiger partial charge in [0.1, 0.15) is 0 Å². The van der Waals surface area contributed by atoms with Gasteiger partial charge in [0.15, 0.2) is 0 Å². The minimum atomic E-state index is -0.123. The number of ether oxygens (including phenoxy) is 1. The molecule has 1 unspecified atom stereocenters. The van der Waals surface area contributed by atoms with Gasteiger partial charge in [-0.1, -0.05) is 32.6 Å². The summed E-state index contributed by atoms with van der Waals surface area (Å²) < 4.78 is 5.04. The van der Waals surface area contributed by atoms with Crippen molar-refractivity contribution < 1.29 is 4.74 Å². The van der Waals surface area contributed by atoms with E-state index >= 15 is 0 Å². The Morgan fingerprint density at radius 1 is 1.25 bits per heavy atom. The smallest absolute Gasteiger partial charge is 0.0639 e. The Morgan fingerprint density at radius 2 is 1.92 bits per heavy atom. The van der Waals surface area contributed by atoms with Gasteiger partial charge < -0.3 is 10.5 Å². The third-order valence-electron chi connectivity index (χ3n) is 2.08. The molecule has 74 valence electrons. The molecule has 12 heavy (non-hydrogen) atoms. The van der Waals surface area contributed by atoms with Crippen LogP contribution in [-0.2, 0) is 4.74 Å². The van der Waals surface area contributed by atoms with Gasteiger partial charge in [0.05, 0.1) is 6.61 Å². The van der Waals surface area contributed by atoms with Crippen LogP contribution >= 0.6 is 0 Å². The monoisotopic (exact) mass is 173 g/mol. The van der Waals surface area contributed by atoms with Crippen LogP contribution in [-0.4, -0.2) is 19.3 Å². The quantitative estimate of drug-likeness (QED) is 0.600. The van der Waals surface area contributed by atoms with Crippen molar-refractivity contribution in [3.63, 3.8) is 0 Å². The number of hydrogen-bond donors (Lipinski definition) is 1. The van der Waals surface area contributed by atoms with E-state index in [9.17, 15) is 0 Å². The molecule has 0 amide bonds. The highest BCUT2D eigenvalue weighted by Crippen LogP contribution is 2.12. The summed E-state index contributed by atoms with van der Waals surface area (Å²) in [5, 5.41) is 0. The summed E-state index contributed by atoms with van der Waals surface area (Å²) in [6.45, 7) is 4.94. The third-order valence-corrected chi connectivity index (χ3v) is 2.08. The van der Waals surface area contributed by atoms with E-state index in [1.165, 1.54) is 25.7 Å². The summed E-state index contributed by atoms with van der Waals surface area (Å²) in [7, 11) is 1.71. The van der Waals surface area contributed by atoms with Crippen molar-refractivity contribution in [2.75, 3.05) is 13.7 Å². The van der Waals surface area contributed by atoms with Crippen LogP contribution < -0.4 is 5.73 Å². The van der Waals surface area contributed by atoms with Crippen LogP contribution in [0.3, 0.4) is 0 Å². The number of unbranched alkanes of at least 4 members (excludes halogenated alkanes) is 3. The Bertz CT molecular complexity index is 102. The van der Waals surface area contributed by atoms with Gasteiger partial charge >= 0.3 is 0 Å². The predicted molar refractivity (Wildman–Crippen MR) is 53.2 cm³/mol. The molecule has 0 aromatic heterocycles. The summed E-state index contributed by atoms with van der Waals surface area (Å²) in [5.41, 5.74) is 5.86. The second-order valence-electron chi connectivity index (χ2n) is 3.90. The lowest BCUT2D eigenvalue weighted by Crippen LogP contribution is -2.40. The van der Waals surface area contributed by atoms with Gasteiger partial charge in [-0.2, -0.15) is 0 Å². The molecular weight excluding hydrogens is 150 g/mol. The first-order valence-corrected chi connectivity index (χ1v) is 4.90. The second-order valence-corrected chi connectivity index (χ2v) is 3.90. The van der Waals surface area contributed by atoms with Crippen molar-refractivity contribution >= 4 is 0 Å². The predicted octanol–water partition coefficient (Wildman–Crippen LogP) is 2.32. The summed E-state index contributed by atoms with van der Waals surface area (Å²) >= 11 is 0. The fraction of sp³-hybridized carbons (Fsp3) is 1.00. The Balaban J connectivity index is 3.33. The second kappa shape index (κ2) is 6.44. The molecule has 0 heterocycles. The van der Waals surface area contributed by atoms with Crippen molar-refractivity contribution in [1.82, 2.24) is 0 Å². The van der Waals surface area contributed by atoms with Crippen molar-refractivity contribution in [2.45, 2.75) is 51.5 Å². The number of methoxy groups -OCH3 is 1. The summed E-state index contributed by atoms with van der Waals surface area (Å²) in [5.74, 6) is 0. The molecule has 0 aliphatic rings. The first-order chi connectivity index (χ1) is 5.62. The molecule has 0 aromatic carbocycles. The number of hydrogen-bond acceptors (Lipinski definition) is 2. The molecule has 0 aliphatic heterocycles.